The maximum Gasteiger partial charge on any atom is 0.0900 e. The lowest BCUT2D eigenvalue weighted by Gasteiger charge is -2.23. The van der Waals surface area contributed by atoms with Crippen molar-refractivity contribution in [1.29, 1.82) is 0 Å². The molecule has 0 aliphatic carbocycles. The maximum atomic E-state index is 5.74. The van der Waals surface area contributed by atoms with Gasteiger partial charge in [-0.15, -0.1) is 11.3 Å². The first-order valence-corrected chi connectivity index (χ1v) is 7.77. The molecular weight excluding hydrogens is 244 g/mol. The Labute approximate surface area is 114 Å². The minimum Gasteiger partial charge on any atom is -0.378 e. The van der Waals surface area contributed by atoms with Gasteiger partial charge in [0.2, 0.25) is 0 Å². The molecule has 1 N–H and O–H groups in total. The van der Waals surface area contributed by atoms with Gasteiger partial charge in [0.05, 0.1) is 16.8 Å². The molecule has 1 aliphatic heterocycles. The highest BCUT2D eigenvalue weighted by Crippen LogP contribution is 2.22. The summed E-state index contributed by atoms with van der Waals surface area (Å²) in [6.45, 7) is 8.39. The number of rotatable bonds is 5. The fourth-order valence-electron chi connectivity index (χ4n) is 2.54. The Morgan fingerprint density at radius 1 is 1.44 bits per heavy atom. The van der Waals surface area contributed by atoms with Crippen molar-refractivity contribution in [3.63, 3.8) is 0 Å². The molecule has 0 saturated carbocycles. The second-order valence-corrected chi connectivity index (χ2v) is 6.53. The molecule has 2 heterocycles. The van der Waals surface area contributed by atoms with Crippen LogP contribution in [-0.4, -0.2) is 24.2 Å². The number of hydrogen-bond donors (Lipinski definition) is 1. The topological polar surface area (TPSA) is 34.2 Å². The molecule has 3 nitrogen and oxygen atoms in total. The molecule has 0 radical (unpaired) electrons. The lowest BCUT2D eigenvalue weighted by Crippen LogP contribution is -2.27. The van der Waals surface area contributed by atoms with Crippen LogP contribution >= 0.6 is 11.3 Å². The second kappa shape index (κ2) is 6.64. The van der Waals surface area contributed by atoms with Crippen LogP contribution in [0.5, 0.6) is 0 Å². The highest BCUT2D eigenvalue weighted by molar-refractivity contribution is 7.11. The second-order valence-electron chi connectivity index (χ2n) is 5.13. The van der Waals surface area contributed by atoms with E-state index in [0.29, 0.717) is 12.1 Å². The molecule has 1 aliphatic rings. The van der Waals surface area contributed by atoms with Crippen LogP contribution in [0.4, 0.5) is 0 Å². The van der Waals surface area contributed by atoms with Gasteiger partial charge in [0.25, 0.3) is 0 Å². The number of nitrogens with zero attached hydrogens (tertiary/aromatic N) is 1. The van der Waals surface area contributed by atoms with Gasteiger partial charge in [-0.2, -0.15) is 0 Å². The molecule has 18 heavy (non-hydrogen) atoms. The highest BCUT2D eigenvalue weighted by atomic mass is 32.1. The Bertz CT molecular complexity index is 372. The average molecular weight is 268 g/mol. The summed E-state index contributed by atoms with van der Waals surface area (Å²) in [6.07, 6.45) is 5.37. The molecule has 102 valence electrons. The van der Waals surface area contributed by atoms with Gasteiger partial charge in [0.1, 0.15) is 0 Å². The van der Waals surface area contributed by atoms with Crippen LogP contribution in [0.1, 0.15) is 54.2 Å². The number of ether oxygens (including phenoxy) is 1. The smallest absolute Gasteiger partial charge is 0.0900 e. The highest BCUT2D eigenvalue weighted by Gasteiger charge is 2.15. The van der Waals surface area contributed by atoms with Gasteiger partial charge in [-0.25, -0.2) is 4.98 Å². The number of aryl methyl sites for hydroxylation is 2. The lowest BCUT2D eigenvalue weighted by molar-refractivity contribution is 0.0112. The molecule has 1 aromatic heterocycles. The van der Waals surface area contributed by atoms with Crippen LogP contribution in [0.25, 0.3) is 0 Å². The van der Waals surface area contributed by atoms with Gasteiger partial charge in [-0.05, 0) is 53.0 Å². The first-order valence-electron chi connectivity index (χ1n) is 6.95. The third kappa shape index (κ3) is 3.77. The normalized spacial score (nSPS) is 22.1. The molecule has 0 aromatic carbocycles. The number of thiazole rings is 1. The number of aromatic nitrogens is 1. The molecule has 0 spiro atoms. The van der Waals surface area contributed by atoms with Crippen LogP contribution in [0.2, 0.25) is 0 Å². The summed E-state index contributed by atoms with van der Waals surface area (Å²) < 4.78 is 5.74. The fourth-order valence-corrected chi connectivity index (χ4v) is 3.45. The Morgan fingerprint density at radius 3 is 2.89 bits per heavy atom. The molecule has 1 saturated heterocycles. The van der Waals surface area contributed by atoms with E-state index in [0.717, 1.165) is 24.6 Å². The van der Waals surface area contributed by atoms with Crippen molar-refractivity contribution in [3.05, 3.63) is 15.6 Å². The summed E-state index contributed by atoms with van der Waals surface area (Å²) in [4.78, 5) is 5.93. The molecule has 1 aromatic rings. The van der Waals surface area contributed by atoms with E-state index in [9.17, 15) is 0 Å². The summed E-state index contributed by atoms with van der Waals surface area (Å²) in [7, 11) is 0. The Kier molecular flexibility index (Phi) is 5.15. The van der Waals surface area contributed by atoms with Crippen molar-refractivity contribution in [3.8, 4) is 0 Å². The third-order valence-electron chi connectivity index (χ3n) is 3.54. The van der Waals surface area contributed by atoms with E-state index in [1.54, 1.807) is 11.3 Å². The van der Waals surface area contributed by atoms with Crippen LogP contribution < -0.4 is 5.32 Å². The monoisotopic (exact) mass is 268 g/mol. The van der Waals surface area contributed by atoms with E-state index in [1.807, 2.05) is 0 Å². The van der Waals surface area contributed by atoms with Crippen molar-refractivity contribution in [2.45, 2.75) is 58.6 Å². The molecule has 2 rings (SSSR count). The standard InChI is InChI=1S/C14H24N2OS/c1-10(14-11(2)18-12(3)16-14)15-8-7-13-6-4-5-9-17-13/h10,13,15H,4-9H2,1-3H3. The van der Waals surface area contributed by atoms with Crippen molar-refractivity contribution in [1.82, 2.24) is 10.3 Å². The average Bonchev–Trinajstić information content (AvgIpc) is 2.70. The summed E-state index contributed by atoms with van der Waals surface area (Å²) in [6, 6.07) is 0.346. The zero-order chi connectivity index (χ0) is 13.0. The van der Waals surface area contributed by atoms with Crippen LogP contribution in [0.15, 0.2) is 0 Å². The van der Waals surface area contributed by atoms with E-state index in [2.05, 4.69) is 31.1 Å². The predicted molar refractivity (Wildman–Crippen MR) is 76.2 cm³/mol. The van der Waals surface area contributed by atoms with Crippen LogP contribution in [0, 0.1) is 13.8 Å². The summed E-state index contributed by atoms with van der Waals surface area (Å²) in [5.41, 5.74) is 1.21. The van der Waals surface area contributed by atoms with Gasteiger partial charge >= 0.3 is 0 Å². The number of hydrogen-bond acceptors (Lipinski definition) is 4. The maximum absolute atomic E-state index is 5.74. The van der Waals surface area contributed by atoms with Gasteiger partial charge in [-0.1, -0.05) is 0 Å². The van der Waals surface area contributed by atoms with E-state index in [1.165, 1.54) is 29.8 Å². The first kappa shape index (κ1) is 14.0. The van der Waals surface area contributed by atoms with Gasteiger partial charge < -0.3 is 10.1 Å². The van der Waals surface area contributed by atoms with Crippen LogP contribution in [-0.2, 0) is 4.74 Å². The predicted octanol–water partition coefficient (Wildman–Crippen LogP) is 3.37. The minimum atomic E-state index is 0.346. The van der Waals surface area contributed by atoms with E-state index in [4.69, 9.17) is 4.74 Å². The summed E-state index contributed by atoms with van der Waals surface area (Å²) in [5, 5.41) is 4.72. The van der Waals surface area contributed by atoms with Crippen molar-refractivity contribution >= 4 is 11.3 Å². The quantitative estimate of drug-likeness (QED) is 0.889. The van der Waals surface area contributed by atoms with Crippen molar-refractivity contribution < 1.29 is 4.74 Å². The van der Waals surface area contributed by atoms with E-state index < -0.39 is 0 Å². The van der Waals surface area contributed by atoms with E-state index in [-0.39, 0.29) is 0 Å². The Morgan fingerprint density at radius 2 is 2.28 bits per heavy atom. The molecule has 4 heteroatoms. The fraction of sp³-hybridized carbons (Fsp3) is 0.786. The van der Waals surface area contributed by atoms with Gasteiger partial charge in [0, 0.05) is 17.5 Å². The summed E-state index contributed by atoms with van der Waals surface area (Å²) >= 11 is 1.78. The van der Waals surface area contributed by atoms with Gasteiger partial charge in [0.15, 0.2) is 0 Å². The molecule has 0 bridgehead atoms. The zero-order valence-electron chi connectivity index (χ0n) is 11.7. The SMILES string of the molecule is Cc1nc(C(C)NCCC2CCCCO2)c(C)s1. The molecule has 2 atom stereocenters. The van der Waals surface area contributed by atoms with Crippen molar-refractivity contribution in [2.24, 2.45) is 0 Å². The van der Waals surface area contributed by atoms with E-state index >= 15 is 0 Å². The largest absolute Gasteiger partial charge is 0.378 e. The Balaban J connectivity index is 1.74. The molecule has 2 unspecified atom stereocenters. The first-order chi connectivity index (χ1) is 8.66. The minimum absolute atomic E-state index is 0.346. The molecule has 0 amide bonds. The Hall–Kier alpha value is -0.450. The molecular formula is C14H24N2OS. The van der Waals surface area contributed by atoms with Crippen LogP contribution in [0.3, 0.4) is 0 Å². The third-order valence-corrected chi connectivity index (χ3v) is 4.44. The zero-order valence-corrected chi connectivity index (χ0v) is 12.5. The molecule has 1 fully saturated rings. The lowest BCUT2D eigenvalue weighted by atomic mass is 10.1. The van der Waals surface area contributed by atoms with Gasteiger partial charge in [-0.3, -0.25) is 0 Å². The van der Waals surface area contributed by atoms with Crippen molar-refractivity contribution in [2.75, 3.05) is 13.2 Å². The number of nitrogens with one attached hydrogen (secondary N) is 1. The summed E-state index contributed by atoms with van der Waals surface area (Å²) in [5.74, 6) is 0.